The van der Waals surface area contributed by atoms with Crippen LogP contribution in [0.1, 0.15) is 24.0 Å². The van der Waals surface area contributed by atoms with Gasteiger partial charge in [-0.3, -0.25) is 4.90 Å². The Kier molecular flexibility index (Phi) is 5.52. The molecule has 1 aromatic carbocycles. The minimum Gasteiger partial charge on any atom is -0.409 e. The van der Waals surface area contributed by atoms with Crippen LogP contribution in [-0.4, -0.2) is 42.7 Å². The summed E-state index contributed by atoms with van der Waals surface area (Å²) in [5, 5.41) is 11.8. The lowest BCUT2D eigenvalue weighted by atomic mass is 9.97. The van der Waals surface area contributed by atoms with E-state index >= 15 is 0 Å². The Bertz CT molecular complexity index is 506. The Morgan fingerprint density at radius 3 is 3.10 bits per heavy atom. The molecule has 3 N–H and O–H groups in total. The molecule has 0 spiro atoms. The predicted molar refractivity (Wildman–Crippen MR) is 78.8 cm³/mol. The van der Waals surface area contributed by atoms with E-state index in [1.165, 1.54) is 18.6 Å². The maximum Gasteiger partial charge on any atom is 0.170 e. The van der Waals surface area contributed by atoms with Crippen LogP contribution in [0.15, 0.2) is 23.4 Å². The van der Waals surface area contributed by atoms with E-state index < -0.39 is 5.82 Å². The van der Waals surface area contributed by atoms with Crippen LogP contribution >= 0.6 is 0 Å². The summed E-state index contributed by atoms with van der Waals surface area (Å²) >= 11 is 0. The molecule has 5 nitrogen and oxygen atoms in total. The molecule has 21 heavy (non-hydrogen) atoms. The molecule has 0 saturated carbocycles. The van der Waals surface area contributed by atoms with Gasteiger partial charge in [0.2, 0.25) is 0 Å². The lowest BCUT2D eigenvalue weighted by molar-refractivity contribution is 0.0873. The summed E-state index contributed by atoms with van der Waals surface area (Å²) in [7, 11) is 1.72. The van der Waals surface area contributed by atoms with Gasteiger partial charge < -0.3 is 15.7 Å². The zero-order valence-electron chi connectivity index (χ0n) is 12.3. The highest BCUT2D eigenvalue weighted by Crippen LogP contribution is 2.20. The maximum absolute atomic E-state index is 13.4. The van der Waals surface area contributed by atoms with Crippen LogP contribution < -0.4 is 5.73 Å². The van der Waals surface area contributed by atoms with Crippen molar-refractivity contribution in [3.8, 4) is 0 Å². The number of likely N-dealkylation sites (tertiary alicyclic amines) is 1. The second-order valence-electron chi connectivity index (χ2n) is 5.49. The van der Waals surface area contributed by atoms with E-state index in [1.807, 2.05) is 0 Å². The maximum atomic E-state index is 13.4. The number of piperidine rings is 1. The summed E-state index contributed by atoms with van der Waals surface area (Å²) in [6, 6.07) is 4.41. The van der Waals surface area contributed by atoms with Gasteiger partial charge in [-0.1, -0.05) is 11.2 Å². The van der Waals surface area contributed by atoms with E-state index in [4.69, 9.17) is 15.7 Å². The first-order chi connectivity index (χ1) is 10.1. The number of hydrogen-bond donors (Lipinski definition) is 2. The smallest absolute Gasteiger partial charge is 0.170 e. The van der Waals surface area contributed by atoms with Crippen molar-refractivity contribution in [3.05, 3.63) is 35.1 Å². The summed E-state index contributed by atoms with van der Waals surface area (Å²) in [6.45, 7) is 3.35. The Balaban J connectivity index is 2.12. The first-order valence-electron chi connectivity index (χ1n) is 7.11. The second kappa shape index (κ2) is 7.38. The summed E-state index contributed by atoms with van der Waals surface area (Å²) in [5.41, 5.74) is 6.95. The van der Waals surface area contributed by atoms with Crippen LogP contribution in [0.3, 0.4) is 0 Å². The fourth-order valence-corrected chi connectivity index (χ4v) is 2.89. The number of methoxy groups -OCH3 is 1. The fraction of sp³-hybridized carbons (Fsp3) is 0.533. The molecule has 6 heteroatoms. The van der Waals surface area contributed by atoms with Crippen LogP contribution in [0.25, 0.3) is 0 Å². The normalized spacial score (nSPS) is 20.7. The molecule has 1 aromatic rings. The second-order valence-corrected chi connectivity index (χ2v) is 5.49. The number of nitrogens with zero attached hydrogens (tertiary/aromatic N) is 2. The van der Waals surface area contributed by atoms with Crippen LogP contribution in [0.5, 0.6) is 0 Å². The largest absolute Gasteiger partial charge is 0.409 e. The molecule has 0 amide bonds. The van der Waals surface area contributed by atoms with E-state index in [0.29, 0.717) is 18.0 Å². The molecule has 1 atom stereocenters. The summed E-state index contributed by atoms with van der Waals surface area (Å²) < 4.78 is 18.6. The Morgan fingerprint density at radius 2 is 2.38 bits per heavy atom. The van der Waals surface area contributed by atoms with Crippen LogP contribution in [0, 0.1) is 11.7 Å². The SMILES string of the molecule is COCC1CCCN(Cc2ccc(F)cc2/C(N)=N/O)C1. The highest BCUT2D eigenvalue weighted by molar-refractivity contribution is 5.98. The van der Waals surface area contributed by atoms with Gasteiger partial charge in [-0.2, -0.15) is 0 Å². The van der Waals surface area contributed by atoms with E-state index in [1.54, 1.807) is 13.2 Å². The number of nitrogens with two attached hydrogens (primary N) is 1. The van der Waals surface area contributed by atoms with E-state index in [2.05, 4.69) is 10.1 Å². The third-order valence-electron chi connectivity index (χ3n) is 3.86. The van der Waals surface area contributed by atoms with E-state index in [-0.39, 0.29) is 5.84 Å². The lowest BCUT2D eigenvalue weighted by Gasteiger charge is -2.32. The average Bonchev–Trinajstić information content (AvgIpc) is 2.49. The summed E-state index contributed by atoms with van der Waals surface area (Å²) in [4.78, 5) is 2.30. The summed E-state index contributed by atoms with van der Waals surface area (Å²) in [6.07, 6.45) is 2.29. The molecule has 1 unspecified atom stereocenters. The fourth-order valence-electron chi connectivity index (χ4n) is 2.89. The minimum absolute atomic E-state index is 0.0602. The molecule has 0 aliphatic carbocycles. The number of oxime groups is 1. The van der Waals surface area contributed by atoms with Crippen molar-refractivity contribution < 1.29 is 14.3 Å². The van der Waals surface area contributed by atoms with Gasteiger partial charge in [0.15, 0.2) is 5.84 Å². The number of ether oxygens (including phenoxy) is 1. The lowest BCUT2D eigenvalue weighted by Crippen LogP contribution is -2.37. The van der Waals surface area contributed by atoms with Crippen LogP contribution in [-0.2, 0) is 11.3 Å². The predicted octanol–water partition coefficient (Wildman–Crippen LogP) is 1.78. The van der Waals surface area contributed by atoms with Gasteiger partial charge in [0.05, 0.1) is 6.61 Å². The molecular formula is C15H22FN3O2. The molecule has 0 aromatic heterocycles. The molecule has 1 fully saturated rings. The molecule has 2 rings (SSSR count). The monoisotopic (exact) mass is 295 g/mol. The third-order valence-corrected chi connectivity index (χ3v) is 3.86. The highest BCUT2D eigenvalue weighted by atomic mass is 19.1. The van der Waals surface area contributed by atoms with Crippen LogP contribution in [0.4, 0.5) is 4.39 Å². The Morgan fingerprint density at radius 1 is 1.57 bits per heavy atom. The quantitative estimate of drug-likeness (QED) is 0.376. The number of halogens is 1. The van der Waals surface area contributed by atoms with Gasteiger partial charge in [-0.15, -0.1) is 0 Å². The molecule has 0 radical (unpaired) electrons. The first kappa shape index (κ1) is 15.7. The van der Waals surface area contributed by atoms with Crippen molar-refractivity contribution in [2.24, 2.45) is 16.8 Å². The van der Waals surface area contributed by atoms with Gasteiger partial charge in [0.1, 0.15) is 5.82 Å². The number of rotatable bonds is 5. The zero-order valence-corrected chi connectivity index (χ0v) is 12.3. The molecule has 1 saturated heterocycles. The van der Waals surface area contributed by atoms with Crippen molar-refractivity contribution in [1.29, 1.82) is 0 Å². The number of benzene rings is 1. The van der Waals surface area contributed by atoms with Crippen molar-refractivity contribution in [2.75, 3.05) is 26.8 Å². The summed E-state index contributed by atoms with van der Waals surface area (Å²) in [5.74, 6) is 0.0720. The Labute approximate surface area is 124 Å². The minimum atomic E-state index is -0.392. The van der Waals surface area contributed by atoms with Crippen molar-refractivity contribution in [3.63, 3.8) is 0 Å². The first-order valence-corrected chi connectivity index (χ1v) is 7.11. The van der Waals surface area contributed by atoms with Crippen molar-refractivity contribution in [1.82, 2.24) is 4.90 Å². The number of amidine groups is 1. The number of hydrogen-bond acceptors (Lipinski definition) is 4. The molecule has 1 heterocycles. The zero-order chi connectivity index (χ0) is 15.2. The van der Waals surface area contributed by atoms with Gasteiger partial charge in [-0.05, 0) is 43.0 Å². The average molecular weight is 295 g/mol. The highest BCUT2D eigenvalue weighted by Gasteiger charge is 2.21. The molecular weight excluding hydrogens is 273 g/mol. The van der Waals surface area contributed by atoms with Gasteiger partial charge >= 0.3 is 0 Å². The van der Waals surface area contributed by atoms with Crippen molar-refractivity contribution >= 4 is 5.84 Å². The van der Waals surface area contributed by atoms with Gasteiger partial charge in [-0.25, -0.2) is 4.39 Å². The molecule has 1 aliphatic heterocycles. The molecule has 116 valence electrons. The van der Waals surface area contributed by atoms with Crippen LogP contribution in [0.2, 0.25) is 0 Å². The third kappa shape index (κ3) is 4.15. The van der Waals surface area contributed by atoms with Gasteiger partial charge in [0.25, 0.3) is 0 Å². The standard InChI is InChI=1S/C15H22FN3O2/c1-21-10-11-3-2-6-19(8-11)9-12-4-5-13(16)7-14(12)15(17)18-20/h4-5,7,11,20H,2-3,6,8-10H2,1H3,(H2,17,18). The van der Waals surface area contributed by atoms with Gasteiger partial charge in [0, 0.05) is 25.8 Å². The van der Waals surface area contributed by atoms with Crippen molar-refractivity contribution in [2.45, 2.75) is 19.4 Å². The van der Waals surface area contributed by atoms with E-state index in [0.717, 1.165) is 31.7 Å². The Hall–Kier alpha value is -1.66. The topological polar surface area (TPSA) is 71.1 Å². The molecule has 0 bridgehead atoms. The molecule has 1 aliphatic rings. The van der Waals surface area contributed by atoms with E-state index in [9.17, 15) is 4.39 Å².